The first-order valence-electron chi connectivity index (χ1n) is 4.28. The van der Waals surface area contributed by atoms with Crippen molar-refractivity contribution in [2.75, 3.05) is 26.3 Å². The Labute approximate surface area is 87.6 Å². The van der Waals surface area contributed by atoms with Crippen LogP contribution < -0.4 is 0 Å². The van der Waals surface area contributed by atoms with Gasteiger partial charge in [-0.3, -0.25) is 0 Å². The molecule has 2 heterocycles. The highest BCUT2D eigenvalue weighted by Gasteiger charge is 2.38. The molecule has 0 amide bonds. The Bertz CT molecular complexity index is 192. The highest BCUT2D eigenvalue weighted by Crippen LogP contribution is 2.53. The largest absolute Gasteiger partial charge is 0.355 e. The lowest BCUT2D eigenvalue weighted by atomic mass is 10.7. The molecule has 6 nitrogen and oxygen atoms in total. The molecule has 2 atom stereocenters. The summed E-state index contributed by atoms with van der Waals surface area (Å²) in [4.78, 5) is 0. The Balaban J connectivity index is 1.96. The van der Waals surface area contributed by atoms with Gasteiger partial charge in [0.05, 0.1) is 13.2 Å². The number of ether oxygens (including phenoxy) is 2. The second-order valence-corrected chi connectivity index (χ2v) is 5.38. The quantitative estimate of drug-likeness (QED) is 0.647. The summed E-state index contributed by atoms with van der Waals surface area (Å²) in [5.41, 5.74) is 0. The summed E-state index contributed by atoms with van der Waals surface area (Å²) in [7, 11) is -1.27. The molecule has 0 aromatic rings. The predicted molar refractivity (Wildman–Crippen MR) is 50.1 cm³/mol. The third kappa shape index (κ3) is 2.03. The number of rotatable bonds is 2. The van der Waals surface area contributed by atoms with Crippen molar-refractivity contribution in [3.05, 3.63) is 0 Å². The van der Waals surface area contributed by atoms with Gasteiger partial charge < -0.3 is 19.7 Å². The molecule has 0 aromatic heterocycles. The summed E-state index contributed by atoms with van der Waals surface area (Å²) in [5, 5.41) is 18.8. The molecular formula is C6H12ClN2O4P. The van der Waals surface area contributed by atoms with Crippen LogP contribution in [0.4, 0.5) is 0 Å². The van der Waals surface area contributed by atoms with Crippen LogP contribution in [0.15, 0.2) is 0 Å². The molecule has 0 spiro atoms. The van der Waals surface area contributed by atoms with Crippen LogP contribution in [0.5, 0.6) is 0 Å². The van der Waals surface area contributed by atoms with Gasteiger partial charge in [-0.05, 0) is 0 Å². The predicted octanol–water partition coefficient (Wildman–Crippen LogP) is -0.332. The van der Waals surface area contributed by atoms with Crippen molar-refractivity contribution >= 4 is 18.8 Å². The molecule has 2 fully saturated rings. The maximum Gasteiger partial charge on any atom is 0.221 e. The van der Waals surface area contributed by atoms with Crippen molar-refractivity contribution in [1.29, 1.82) is 0 Å². The summed E-state index contributed by atoms with van der Waals surface area (Å²) < 4.78 is 13.1. The number of nitrogens with zero attached hydrogens (tertiary/aromatic N) is 2. The SMILES string of the molecule is OC1OCCN1P(Cl)N1CCOC1O. The molecule has 2 unspecified atom stereocenters. The molecular weight excluding hydrogens is 231 g/mol. The third-order valence-electron chi connectivity index (χ3n) is 2.11. The Morgan fingerprint density at radius 1 is 1.07 bits per heavy atom. The van der Waals surface area contributed by atoms with Gasteiger partial charge in [0.25, 0.3) is 0 Å². The lowest BCUT2D eigenvalue weighted by Crippen LogP contribution is -2.33. The van der Waals surface area contributed by atoms with E-state index in [1.165, 1.54) is 0 Å². The Morgan fingerprint density at radius 3 is 1.79 bits per heavy atom. The number of aliphatic hydroxyl groups is 2. The maximum absolute atomic E-state index is 9.39. The lowest BCUT2D eigenvalue weighted by Gasteiger charge is -2.30. The van der Waals surface area contributed by atoms with Gasteiger partial charge in [0.2, 0.25) is 12.8 Å². The van der Waals surface area contributed by atoms with Gasteiger partial charge in [0.1, 0.15) is 7.58 Å². The van der Waals surface area contributed by atoms with Crippen LogP contribution in [-0.4, -0.2) is 58.7 Å². The topological polar surface area (TPSA) is 65.4 Å². The zero-order valence-electron chi connectivity index (χ0n) is 7.41. The number of aliphatic hydroxyl groups excluding tert-OH is 2. The fraction of sp³-hybridized carbons (Fsp3) is 1.00. The second kappa shape index (κ2) is 4.55. The molecule has 0 aliphatic carbocycles. The van der Waals surface area contributed by atoms with E-state index in [1.807, 2.05) is 0 Å². The summed E-state index contributed by atoms with van der Waals surface area (Å²) in [5.74, 6) is 0. The fourth-order valence-electron chi connectivity index (χ4n) is 1.37. The van der Waals surface area contributed by atoms with E-state index < -0.39 is 20.4 Å². The molecule has 2 aliphatic heterocycles. The molecule has 0 bridgehead atoms. The molecule has 2 aliphatic rings. The summed E-state index contributed by atoms with van der Waals surface area (Å²) in [6.45, 7) is 2.05. The van der Waals surface area contributed by atoms with E-state index in [2.05, 4.69) is 0 Å². The molecule has 2 saturated heterocycles. The molecule has 8 heteroatoms. The first kappa shape index (κ1) is 11.0. The van der Waals surface area contributed by atoms with Gasteiger partial charge in [-0.2, -0.15) is 0 Å². The smallest absolute Gasteiger partial charge is 0.221 e. The Hall–Kier alpha value is 0.480. The van der Waals surface area contributed by atoms with Crippen LogP contribution >= 0.6 is 18.8 Å². The van der Waals surface area contributed by atoms with Gasteiger partial charge in [-0.25, -0.2) is 9.34 Å². The molecule has 0 radical (unpaired) electrons. The first-order chi connectivity index (χ1) is 6.70. The number of halogens is 1. The van der Waals surface area contributed by atoms with Crippen molar-refractivity contribution in [2.45, 2.75) is 12.8 Å². The van der Waals surface area contributed by atoms with Gasteiger partial charge in [0, 0.05) is 13.1 Å². The standard InChI is InChI=1S/C6H12ClN2O4P/c7-14(8-1-3-12-5(8)10)9-2-4-13-6(9)11/h5-6,10-11H,1-4H2. The summed E-state index contributed by atoms with van der Waals surface area (Å²) in [6, 6.07) is 0. The molecule has 2 N–H and O–H groups in total. The van der Waals surface area contributed by atoms with Crippen LogP contribution in [-0.2, 0) is 9.47 Å². The molecule has 0 aromatic carbocycles. The van der Waals surface area contributed by atoms with Crippen LogP contribution in [0.2, 0.25) is 0 Å². The molecule has 82 valence electrons. The van der Waals surface area contributed by atoms with E-state index in [-0.39, 0.29) is 0 Å². The van der Waals surface area contributed by atoms with Gasteiger partial charge in [0.15, 0.2) is 0 Å². The van der Waals surface area contributed by atoms with E-state index in [4.69, 9.17) is 20.7 Å². The van der Waals surface area contributed by atoms with Gasteiger partial charge in [-0.15, -0.1) is 0 Å². The van der Waals surface area contributed by atoms with Crippen molar-refractivity contribution in [2.24, 2.45) is 0 Å². The van der Waals surface area contributed by atoms with Crippen LogP contribution in [0.1, 0.15) is 0 Å². The monoisotopic (exact) mass is 242 g/mol. The van der Waals surface area contributed by atoms with Crippen molar-refractivity contribution < 1.29 is 19.7 Å². The van der Waals surface area contributed by atoms with Crippen molar-refractivity contribution in [1.82, 2.24) is 9.34 Å². The van der Waals surface area contributed by atoms with Crippen molar-refractivity contribution in [3.63, 3.8) is 0 Å². The average molecular weight is 243 g/mol. The second-order valence-electron chi connectivity index (χ2n) is 2.96. The Morgan fingerprint density at radius 2 is 1.50 bits per heavy atom. The van der Waals surface area contributed by atoms with Gasteiger partial charge >= 0.3 is 0 Å². The average Bonchev–Trinajstić information content (AvgIpc) is 2.73. The minimum absolute atomic E-state index is 0.456. The zero-order chi connectivity index (χ0) is 10.1. The summed E-state index contributed by atoms with van der Waals surface area (Å²) in [6.07, 6.45) is -1.93. The van der Waals surface area contributed by atoms with Crippen LogP contribution in [0.3, 0.4) is 0 Å². The van der Waals surface area contributed by atoms with E-state index in [0.29, 0.717) is 26.3 Å². The normalized spacial score (nSPS) is 37.9. The molecule has 0 saturated carbocycles. The molecule has 2 rings (SSSR count). The minimum Gasteiger partial charge on any atom is -0.355 e. The summed E-state index contributed by atoms with van der Waals surface area (Å²) >= 11 is 6.12. The van der Waals surface area contributed by atoms with Crippen LogP contribution in [0, 0.1) is 0 Å². The minimum atomic E-state index is -1.27. The number of hydrogen-bond donors (Lipinski definition) is 2. The lowest BCUT2D eigenvalue weighted by molar-refractivity contribution is -0.117. The van der Waals surface area contributed by atoms with Gasteiger partial charge in [-0.1, -0.05) is 11.2 Å². The zero-order valence-corrected chi connectivity index (χ0v) is 9.06. The highest BCUT2D eigenvalue weighted by molar-refractivity contribution is 7.80. The number of hydrogen-bond acceptors (Lipinski definition) is 6. The van der Waals surface area contributed by atoms with E-state index in [1.54, 1.807) is 9.34 Å². The third-order valence-corrected chi connectivity index (χ3v) is 4.92. The Kier molecular flexibility index (Phi) is 3.57. The van der Waals surface area contributed by atoms with Crippen LogP contribution in [0.25, 0.3) is 0 Å². The van der Waals surface area contributed by atoms with Crippen molar-refractivity contribution in [3.8, 4) is 0 Å². The maximum atomic E-state index is 9.39. The first-order valence-corrected chi connectivity index (χ1v) is 6.44. The molecule has 14 heavy (non-hydrogen) atoms. The fourth-order valence-corrected chi connectivity index (χ4v) is 3.52. The highest BCUT2D eigenvalue weighted by atomic mass is 35.7. The van der Waals surface area contributed by atoms with E-state index in [0.717, 1.165) is 0 Å². The van der Waals surface area contributed by atoms with E-state index >= 15 is 0 Å². The van der Waals surface area contributed by atoms with E-state index in [9.17, 15) is 10.2 Å².